The highest BCUT2D eigenvalue weighted by Gasteiger charge is 2.29. The van der Waals surface area contributed by atoms with E-state index < -0.39 is 0 Å². The monoisotopic (exact) mass is 269 g/mol. The van der Waals surface area contributed by atoms with Crippen molar-refractivity contribution in [3.8, 4) is 0 Å². The fourth-order valence-electron chi connectivity index (χ4n) is 3.09. The second kappa shape index (κ2) is 7.22. The first-order valence-corrected chi connectivity index (χ1v) is 7.55. The van der Waals surface area contributed by atoms with E-state index in [1.165, 1.54) is 0 Å². The van der Waals surface area contributed by atoms with Crippen LogP contribution >= 0.6 is 0 Å². The summed E-state index contributed by atoms with van der Waals surface area (Å²) in [7, 11) is 1.84. The average molecular weight is 269 g/mol. The molecule has 0 aromatic rings. The lowest BCUT2D eigenvalue weighted by Crippen LogP contribution is -2.49. The van der Waals surface area contributed by atoms with E-state index >= 15 is 0 Å². The van der Waals surface area contributed by atoms with Gasteiger partial charge in [0, 0.05) is 20.1 Å². The minimum atomic E-state index is -0.339. The maximum Gasteiger partial charge on any atom is 0.236 e. The SMILES string of the molecule is CN(C(=O)CN1CCCNCC1)C1CCCCC1O. The molecule has 0 radical (unpaired) electrons. The number of nitrogens with one attached hydrogen (secondary N) is 1. The van der Waals surface area contributed by atoms with Crippen LogP contribution in [0.5, 0.6) is 0 Å². The van der Waals surface area contributed by atoms with Crippen molar-refractivity contribution < 1.29 is 9.90 Å². The Hall–Kier alpha value is -0.650. The second-order valence-electron chi connectivity index (χ2n) is 5.80. The quantitative estimate of drug-likeness (QED) is 0.760. The number of hydrogen-bond donors (Lipinski definition) is 2. The maximum absolute atomic E-state index is 12.3. The largest absolute Gasteiger partial charge is 0.391 e. The Morgan fingerprint density at radius 3 is 2.84 bits per heavy atom. The van der Waals surface area contributed by atoms with Crippen LogP contribution in [-0.4, -0.2) is 72.7 Å². The van der Waals surface area contributed by atoms with Crippen LogP contribution in [0.25, 0.3) is 0 Å². The summed E-state index contributed by atoms with van der Waals surface area (Å²) < 4.78 is 0. The van der Waals surface area contributed by atoms with Gasteiger partial charge in [-0.3, -0.25) is 9.69 Å². The zero-order valence-corrected chi connectivity index (χ0v) is 12.0. The molecule has 1 saturated carbocycles. The molecule has 1 heterocycles. The summed E-state index contributed by atoms with van der Waals surface area (Å²) in [5.74, 6) is 0.146. The molecule has 0 aromatic carbocycles. The number of hydrogen-bond acceptors (Lipinski definition) is 4. The van der Waals surface area contributed by atoms with Crippen LogP contribution in [0.1, 0.15) is 32.1 Å². The Bertz CT molecular complexity index is 290. The van der Waals surface area contributed by atoms with Gasteiger partial charge < -0.3 is 15.3 Å². The summed E-state index contributed by atoms with van der Waals surface area (Å²) in [4.78, 5) is 16.3. The minimum absolute atomic E-state index is 0.0198. The summed E-state index contributed by atoms with van der Waals surface area (Å²) in [6.45, 7) is 4.42. The molecule has 110 valence electrons. The third kappa shape index (κ3) is 4.16. The summed E-state index contributed by atoms with van der Waals surface area (Å²) in [5.41, 5.74) is 0. The molecule has 1 amide bonds. The molecule has 5 heteroatoms. The molecule has 2 aliphatic rings. The van der Waals surface area contributed by atoms with E-state index in [0.29, 0.717) is 6.54 Å². The van der Waals surface area contributed by atoms with Gasteiger partial charge in [0.25, 0.3) is 0 Å². The molecule has 2 N–H and O–H groups in total. The van der Waals surface area contributed by atoms with Crippen molar-refractivity contribution >= 4 is 5.91 Å². The molecular formula is C14H27N3O2. The van der Waals surface area contributed by atoms with Gasteiger partial charge in [-0.25, -0.2) is 0 Å². The van der Waals surface area contributed by atoms with E-state index in [0.717, 1.165) is 58.3 Å². The van der Waals surface area contributed by atoms with E-state index in [-0.39, 0.29) is 18.1 Å². The van der Waals surface area contributed by atoms with Gasteiger partial charge >= 0.3 is 0 Å². The number of aliphatic hydroxyl groups excluding tert-OH is 1. The Labute approximate surface area is 115 Å². The lowest BCUT2D eigenvalue weighted by molar-refractivity contribution is -0.136. The summed E-state index contributed by atoms with van der Waals surface area (Å²) >= 11 is 0. The minimum Gasteiger partial charge on any atom is -0.391 e. The number of carbonyl (C=O) groups excluding carboxylic acids is 1. The van der Waals surface area contributed by atoms with E-state index in [1.54, 1.807) is 4.90 Å². The normalized spacial score (nSPS) is 29.8. The van der Waals surface area contributed by atoms with Crippen molar-refractivity contribution in [2.45, 2.75) is 44.2 Å². The van der Waals surface area contributed by atoms with Gasteiger partial charge in [0.1, 0.15) is 0 Å². The first kappa shape index (κ1) is 14.8. The molecule has 2 rings (SSSR count). The Morgan fingerprint density at radius 1 is 1.26 bits per heavy atom. The molecule has 2 atom stereocenters. The van der Waals surface area contributed by atoms with Crippen LogP contribution in [0.4, 0.5) is 0 Å². The van der Waals surface area contributed by atoms with Crippen molar-refractivity contribution in [1.82, 2.24) is 15.1 Å². The fraction of sp³-hybridized carbons (Fsp3) is 0.929. The highest BCUT2D eigenvalue weighted by molar-refractivity contribution is 5.78. The van der Waals surface area contributed by atoms with Gasteiger partial charge in [-0.15, -0.1) is 0 Å². The standard InChI is InChI=1S/C14H27N3O2/c1-16(12-5-2-3-6-13(12)18)14(19)11-17-9-4-7-15-8-10-17/h12-13,15,18H,2-11H2,1H3. The smallest absolute Gasteiger partial charge is 0.236 e. The lowest BCUT2D eigenvalue weighted by atomic mass is 9.91. The highest BCUT2D eigenvalue weighted by Crippen LogP contribution is 2.22. The Balaban J connectivity index is 1.83. The van der Waals surface area contributed by atoms with Crippen molar-refractivity contribution in [2.75, 3.05) is 39.8 Å². The molecule has 1 aliphatic heterocycles. The summed E-state index contributed by atoms with van der Waals surface area (Å²) in [5, 5.41) is 13.4. The number of nitrogens with zero attached hydrogens (tertiary/aromatic N) is 2. The predicted octanol–water partition coefficient (Wildman–Crippen LogP) is 0.0436. The van der Waals surface area contributed by atoms with Gasteiger partial charge in [0.05, 0.1) is 18.7 Å². The second-order valence-corrected chi connectivity index (χ2v) is 5.80. The number of likely N-dealkylation sites (N-methyl/N-ethyl adjacent to an activating group) is 1. The molecule has 19 heavy (non-hydrogen) atoms. The summed E-state index contributed by atoms with van der Waals surface area (Å²) in [6.07, 6.45) is 4.72. The molecule has 0 bridgehead atoms. The third-order valence-electron chi connectivity index (χ3n) is 4.38. The first-order valence-electron chi connectivity index (χ1n) is 7.55. The molecule has 1 aliphatic carbocycles. The van der Waals surface area contributed by atoms with Crippen LogP contribution in [0.2, 0.25) is 0 Å². The van der Waals surface area contributed by atoms with Gasteiger partial charge in [-0.1, -0.05) is 12.8 Å². The molecule has 1 saturated heterocycles. The molecule has 2 unspecified atom stereocenters. The van der Waals surface area contributed by atoms with Crippen molar-refractivity contribution in [1.29, 1.82) is 0 Å². The zero-order chi connectivity index (χ0) is 13.7. The molecule has 5 nitrogen and oxygen atoms in total. The lowest BCUT2D eigenvalue weighted by Gasteiger charge is -2.36. The van der Waals surface area contributed by atoms with E-state index in [1.807, 2.05) is 7.05 Å². The first-order chi connectivity index (χ1) is 9.18. The van der Waals surface area contributed by atoms with Gasteiger partial charge in [-0.05, 0) is 32.4 Å². The number of rotatable bonds is 3. The van der Waals surface area contributed by atoms with Crippen molar-refractivity contribution in [3.05, 3.63) is 0 Å². The topological polar surface area (TPSA) is 55.8 Å². The van der Waals surface area contributed by atoms with Crippen molar-refractivity contribution in [3.63, 3.8) is 0 Å². The van der Waals surface area contributed by atoms with Gasteiger partial charge in [0.15, 0.2) is 0 Å². The number of carbonyl (C=O) groups is 1. The summed E-state index contributed by atoms with van der Waals surface area (Å²) in [6, 6.07) is 0.0198. The average Bonchev–Trinajstić information content (AvgIpc) is 2.67. The number of amides is 1. The Morgan fingerprint density at radius 2 is 2.05 bits per heavy atom. The fourth-order valence-corrected chi connectivity index (χ4v) is 3.09. The molecular weight excluding hydrogens is 242 g/mol. The molecule has 2 fully saturated rings. The Kier molecular flexibility index (Phi) is 5.60. The van der Waals surface area contributed by atoms with Crippen LogP contribution < -0.4 is 5.32 Å². The van der Waals surface area contributed by atoms with E-state index in [4.69, 9.17) is 0 Å². The van der Waals surface area contributed by atoms with Crippen LogP contribution in [0, 0.1) is 0 Å². The van der Waals surface area contributed by atoms with Gasteiger partial charge in [0.2, 0.25) is 5.91 Å². The highest BCUT2D eigenvalue weighted by atomic mass is 16.3. The maximum atomic E-state index is 12.3. The van der Waals surface area contributed by atoms with Crippen molar-refractivity contribution in [2.24, 2.45) is 0 Å². The third-order valence-corrected chi connectivity index (χ3v) is 4.38. The number of aliphatic hydroxyl groups is 1. The molecule has 0 aromatic heterocycles. The van der Waals surface area contributed by atoms with E-state index in [2.05, 4.69) is 10.2 Å². The van der Waals surface area contributed by atoms with Crippen LogP contribution in [0.3, 0.4) is 0 Å². The molecule has 0 spiro atoms. The van der Waals surface area contributed by atoms with Crippen LogP contribution in [0.15, 0.2) is 0 Å². The van der Waals surface area contributed by atoms with E-state index in [9.17, 15) is 9.90 Å². The zero-order valence-electron chi connectivity index (χ0n) is 12.0. The predicted molar refractivity (Wildman–Crippen MR) is 75.0 cm³/mol. The van der Waals surface area contributed by atoms with Crippen LogP contribution in [-0.2, 0) is 4.79 Å². The van der Waals surface area contributed by atoms with Gasteiger partial charge in [-0.2, -0.15) is 0 Å².